The molecule has 1 aliphatic rings. The number of benzene rings is 2. The highest BCUT2D eigenvalue weighted by Crippen LogP contribution is 2.44. The minimum Gasteiger partial charge on any atom is -0.303 e. The summed E-state index contributed by atoms with van der Waals surface area (Å²) in [6.45, 7) is 1.72. The molecule has 2 N–H and O–H groups in total. The molecule has 1 aliphatic heterocycles. The summed E-state index contributed by atoms with van der Waals surface area (Å²) in [6.07, 6.45) is 3.43. The largest absolute Gasteiger partial charge is 0.303 e. The predicted molar refractivity (Wildman–Crippen MR) is 125 cm³/mol. The Morgan fingerprint density at radius 1 is 1.09 bits per heavy atom. The maximum atomic E-state index is 13.4. The summed E-state index contributed by atoms with van der Waals surface area (Å²) < 4.78 is 40.6. The van der Waals surface area contributed by atoms with Crippen molar-refractivity contribution in [1.82, 2.24) is 19.6 Å². The topological polar surface area (TPSA) is 116 Å². The number of carbonyl (C=O) groups excluding carboxylic acids is 1. The lowest BCUT2D eigenvalue weighted by Crippen LogP contribution is -2.32. The van der Waals surface area contributed by atoms with Crippen LogP contribution < -0.4 is 10.0 Å². The van der Waals surface area contributed by atoms with E-state index in [2.05, 4.69) is 10.2 Å². The number of rotatable bonds is 5. The molecule has 11 heteroatoms. The van der Waals surface area contributed by atoms with Crippen LogP contribution in [0.3, 0.4) is 0 Å². The minimum absolute atomic E-state index is 0.199. The summed E-state index contributed by atoms with van der Waals surface area (Å²) in [5.41, 5.74) is 2.69. The number of nitrogens with zero attached hydrogens (tertiary/aromatic N) is 5. The third kappa shape index (κ3) is 3.86. The number of halogens is 1. The molecule has 3 atom stereocenters. The fraction of sp³-hybridized carbons (Fsp3) is 0.261. The van der Waals surface area contributed by atoms with Gasteiger partial charge in [-0.1, -0.05) is 6.92 Å². The molecule has 0 spiro atoms. The Morgan fingerprint density at radius 3 is 2.44 bits per heavy atom. The van der Waals surface area contributed by atoms with Crippen molar-refractivity contribution in [2.75, 3.05) is 10.7 Å². The Bertz CT molecular complexity index is 1490. The average Bonchev–Trinajstić information content (AvgIpc) is 3.46. The molecule has 0 saturated carbocycles. The Morgan fingerprint density at radius 2 is 1.79 bits per heavy atom. The zero-order valence-electron chi connectivity index (χ0n) is 18.5. The molecule has 3 unspecified atom stereocenters. The predicted octanol–water partition coefficient (Wildman–Crippen LogP) is 2.53. The quantitative estimate of drug-likeness (QED) is 0.469. The first-order valence-electron chi connectivity index (χ1n) is 10.7. The van der Waals surface area contributed by atoms with Crippen molar-refractivity contribution in [3.63, 3.8) is 0 Å². The highest BCUT2D eigenvalue weighted by molar-refractivity contribution is 7.89. The Balaban J connectivity index is 1.59. The Kier molecular flexibility index (Phi) is 5.25. The number of nitrogens with two attached hydrogens (primary N) is 1. The Hall–Kier alpha value is -3.57. The number of aryl methyl sites for hydroxylation is 1. The van der Waals surface area contributed by atoms with Crippen LogP contribution >= 0.6 is 0 Å². The van der Waals surface area contributed by atoms with Gasteiger partial charge in [0.15, 0.2) is 0 Å². The van der Waals surface area contributed by atoms with Crippen molar-refractivity contribution in [2.24, 2.45) is 24.0 Å². The molecule has 2 aromatic carbocycles. The maximum absolute atomic E-state index is 13.4. The lowest BCUT2D eigenvalue weighted by molar-refractivity contribution is -0.120. The van der Waals surface area contributed by atoms with E-state index in [9.17, 15) is 17.6 Å². The number of sulfonamides is 1. The molecule has 0 bridgehead atoms. The smallest absolute Gasteiger partial charge is 0.230 e. The van der Waals surface area contributed by atoms with Crippen LogP contribution in [0.4, 0.5) is 10.1 Å². The van der Waals surface area contributed by atoms with E-state index in [1.165, 1.54) is 12.1 Å². The molecule has 0 radical (unpaired) electrons. The minimum atomic E-state index is -3.82. The van der Waals surface area contributed by atoms with Crippen LogP contribution in [0.15, 0.2) is 60.9 Å². The van der Waals surface area contributed by atoms with Crippen molar-refractivity contribution >= 4 is 32.5 Å². The van der Waals surface area contributed by atoms with Crippen molar-refractivity contribution in [3.05, 3.63) is 72.4 Å². The molecular weight excluding hydrogens is 459 g/mol. The highest BCUT2D eigenvalue weighted by Gasteiger charge is 2.49. The van der Waals surface area contributed by atoms with Gasteiger partial charge in [0.1, 0.15) is 5.82 Å². The monoisotopic (exact) mass is 482 g/mol. The summed E-state index contributed by atoms with van der Waals surface area (Å²) >= 11 is 0. The molecule has 5 rings (SSSR count). The van der Waals surface area contributed by atoms with E-state index in [0.717, 1.165) is 10.9 Å². The van der Waals surface area contributed by atoms with Gasteiger partial charge in [-0.15, -0.1) is 0 Å². The molecule has 0 aliphatic carbocycles. The van der Waals surface area contributed by atoms with Gasteiger partial charge >= 0.3 is 0 Å². The number of carbonyl (C=O) groups is 1. The molecule has 1 saturated heterocycles. The van der Waals surface area contributed by atoms with Gasteiger partial charge in [-0.3, -0.25) is 9.48 Å². The molecular formula is C23H23FN6O3S. The van der Waals surface area contributed by atoms with Gasteiger partial charge in [-0.2, -0.15) is 10.2 Å². The van der Waals surface area contributed by atoms with Gasteiger partial charge in [0.25, 0.3) is 0 Å². The molecule has 9 nitrogen and oxygen atoms in total. The second-order valence-corrected chi connectivity index (χ2v) is 10.3. The van der Waals surface area contributed by atoms with E-state index < -0.39 is 27.9 Å². The van der Waals surface area contributed by atoms with Gasteiger partial charge in [0.05, 0.1) is 34.9 Å². The molecule has 3 heterocycles. The zero-order chi connectivity index (χ0) is 24.2. The summed E-state index contributed by atoms with van der Waals surface area (Å²) in [7, 11) is -2.06. The van der Waals surface area contributed by atoms with E-state index in [0.29, 0.717) is 17.1 Å². The lowest BCUT2D eigenvalue weighted by Gasteiger charge is -2.27. The fourth-order valence-corrected chi connectivity index (χ4v) is 5.70. The van der Waals surface area contributed by atoms with Gasteiger partial charge in [-0.25, -0.2) is 22.6 Å². The molecule has 1 fully saturated rings. The Labute approximate surface area is 195 Å². The van der Waals surface area contributed by atoms with Crippen LogP contribution in [0.5, 0.6) is 0 Å². The van der Waals surface area contributed by atoms with Gasteiger partial charge < -0.3 is 4.90 Å². The number of amides is 1. The van der Waals surface area contributed by atoms with E-state index >= 15 is 0 Å². The number of aromatic nitrogens is 4. The van der Waals surface area contributed by atoms with Crippen LogP contribution in [0, 0.1) is 17.7 Å². The average molecular weight is 483 g/mol. The van der Waals surface area contributed by atoms with Crippen molar-refractivity contribution in [2.45, 2.75) is 13.0 Å². The van der Waals surface area contributed by atoms with Crippen LogP contribution in [-0.2, 0) is 21.9 Å². The number of primary sulfonamides is 1. The summed E-state index contributed by atoms with van der Waals surface area (Å²) in [4.78, 5) is 15.0. The number of fused-ring (bicyclic) bond motifs is 1. The number of anilines is 1. The zero-order valence-corrected chi connectivity index (χ0v) is 19.4. The second kappa shape index (κ2) is 8.03. The highest BCUT2D eigenvalue weighted by atomic mass is 32.2. The third-order valence-electron chi connectivity index (χ3n) is 6.32. The van der Waals surface area contributed by atoms with Crippen LogP contribution in [0.1, 0.15) is 18.7 Å². The van der Waals surface area contributed by atoms with E-state index in [1.807, 2.05) is 12.1 Å². The first-order chi connectivity index (χ1) is 16.1. The summed E-state index contributed by atoms with van der Waals surface area (Å²) in [6, 6.07) is 12.7. The van der Waals surface area contributed by atoms with Crippen molar-refractivity contribution in [1.29, 1.82) is 0 Å². The van der Waals surface area contributed by atoms with Gasteiger partial charge in [-0.05, 0) is 48.5 Å². The van der Waals surface area contributed by atoms with Gasteiger partial charge in [0, 0.05) is 36.2 Å². The standard InChI is InChI=1S/C23H23FN6O3S/c1-14-19(13-34(25,32)33)22(20-9-10-28(2)27-20)29(23(14)31)18-7-8-21-15(11-18)12-26-30(21)17-5-3-16(24)4-6-17/h3-12,14,19,22H,13H2,1-2H3,(H2,25,32,33). The molecule has 2 aromatic heterocycles. The molecule has 1 amide bonds. The first kappa shape index (κ1) is 22.2. The second-order valence-electron chi connectivity index (χ2n) is 8.63. The fourth-order valence-electron chi connectivity index (χ4n) is 4.70. The van der Waals surface area contributed by atoms with Crippen molar-refractivity contribution < 1.29 is 17.6 Å². The summed E-state index contributed by atoms with van der Waals surface area (Å²) in [5, 5.41) is 15.0. The van der Waals surface area contributed by atoms with E-state index in [1.54, 1.807) is 64.9 Å². The van der Waals surface area contributed by atoms with Crippen LogP contribution in [0.25, 0.3) is 16.6 Å². The molecule has 4 aromatic rings. The van der Waals surface area contributed by atoms with E-state index in [4.69, 9.17) is 5.14 Å². The van der Waals surface area contributed by atoms with E-state index in [-0.39, 0.29) is 17.5 Å². The third-order valence-corrected chi connectivity index (χ3v) is 7.17. The van der Waals surface area contributed by atoms with Crippen molar-refractivity contribution in [3.8, 4) is 5.69 Å². The van der Waals surface area contributed by atoms with Crippen LogP contribution in [0.2, 0.25) is 0 Å². The number of hydrogen-bond acceptors (Lipinski definition) is 5. The normalized spacial score (nSPS) is 21.0. The SMILES string of the molecule is CC1C(=O)N(c2ccc3c(cnn3-c3ccc(F)cc3)c2)C(c2ccn(C)n2)C1CS(N)(=O)=O. The first-order valence-corrected chi connectivity index (χ1v) is 12.4. The van der Waals surface area contributed by atoms with Crippen LogP contribution in [-0.4, -0.2) is 39.6 Å². The molecule has 34 heavy (non-hydrogen) atoms. The summed E-state index contributed by atoms with van der Waals surface area (Å²) in [5.74, 6) is -1.99. The molecule has 176 valence electrons. The van der Waals surface area contributed by atoms with Gasteiger partial charge in [0.2, 0.25) is 15.9 Å². The lowest BCUT2D eigenvalue weighted by atomic mass is 9.92. The number of hydrogen-bond donors (Lipinski definition) is 1. The maximum Gasteiger partial charge on any atom is 0.230 e.